The van der Waals surface area contributed by atoms with Crippen molar-refractivity contribution in [3.8, 4) is 0 Å². The summed E-state index contributed by atoms with van der Waals surface area (Å²) < 4.78 is 0. The zero-order valence-electron chi connectivity index (χ0n) is 14.9. The van der Waals surface area contributed by atoms with Gasteiger partial charge in [0.15, 0.2) is 0 Å². The van der Waals surface area contributed by atoms with E-state index in [1.807, 2.05) is 0 Å². The van der Waals surface area contributed by atoms with Gasteiger partial charge in [-0.3, -0.25) is 0 Å². The molecule has 0 radical (unpaired) electrons. The second-order valence-corrected chi connectivity index (χ2v) is 7.93. The van der Waals surface area contributed by atoms with E-state index in [4.69, 9.17) is 11.6 Å². The highest BCUT2D eigenvalue weighted by Gasteiger charge is 2.39. The Morgan fingerprint density at radius 1 is 1.23 bits per heavy atom. The zero-order valence-corrected chi connectivity index (χ0v) is 15.6. The molecule has 0 aromatic heterocycles. The molecule has 134 valence electrons. The van der Waals surface area contributed by atoms with Gasteiger partial charge < -0.3 is 10.4 Å². The Bertz CT molecular complexity index is 886. The Kier molecular flexibility index (Phi) is 4.28. The molecule has 0 fully saturated rings. The fourth-order valence-electron chi connectivity index (χ4n) is 4.20. The van der Waals surface area contributed by atoms with Crippen LogP contribution in [0.5, 0.6) is 0 Å². The predicted molar refractivity (Wildman–Crippen MR) is 105 cm³/mol. The number of fused-ring (bicyclic) bond motifs is 3. The van der Waals surface area contributed by atoms with Crippen molar-refractivity contribution in [2.24, 2.45) is 5.92 Å². The lowest BCUT2D eigenvalue weighted by Gasteiger charge is -2.38. The van der Waals surface area contributed by atoms with Crippen LogP contribution in [-0.2, 0) is 0 Å². The van der Waals surface area contributed by atoms with Gasteiger partial charge in [0.25, 0.3) is 0 Å². The smallest absolute Gasteiger partial charge is 0.335 e. The number of carboxylic acid groups (broad SMARTS) is 1. The van der Waals surface area contributed by atoms with Crippen LogP contribution in [0.25, 0.3) is 0 Å². The number of halogens is 1. The number of hydrogen-bond donors (Lipinski definition) is 2. The summed E-state index contributed by atoms with van der Waals surface area (Å²) in [6.07, 6.45) is 5.37. The summed E-state index contributed by atoms with van der Waals surface area (Å²) in [5.74, 6) is 0.124. The Morgan fingerprint density at radius 3 is 2.62 bits per heavy atom. The molecule has 0 unspecified atom stereocenters. The van der Waals surface area contributed by atoms with E-state index in [0.29, 0.717) is 16.9 Å². The molecule has 0 bridgehead atoms. The molecule has 0 spiro atoms. The van der Waals surface area contributed by atoms with Crippen LogP contribution in [0.3, 0.4) is 0 Å². The summed E-state index contributed by atoms with van der Waals surface area (Å²) in [4.78, 5) is 11.4. The molecule has 4 rings (SSSR count). The van der Waals surface area contributed by atoms with Crippen LogP contribution in [0.2, 0.25) is 5.02 Å². The summed E-state index contributed by atoms with van der Waals surface area (Å²) in [6.45, 7) is 4.39. The normalized spacial score (nSPS) is 23.5. The third-order valence-electron chi connectivity index (χ3n) is 5.63. The van der Waals surface area contributed by atoms with Crippen molar-refractivity contribution < 1.29 is 9.90 Å². The Balaban J connectivity index is 1.76. The van der Waals surface area contributed by atoms with E-state index in [1.165, 1.54) is 17.2 Å². The van der Waals surface area contributed by atoms with Gasteiger partial charge in [0.05, 0.1) is 22.3 Å². The van der Waals surface area contributed by atoms with Gasteiger partial charge in [-0.2, -0.15) is 0 Å². The number of anilines is 1. The molecule has 3 nitrogen and oxygen atoms in total. The van der Waals surface area contributed by atoms with Crippen LogP contribution >= 0.6 is 11.6 Å². The SMILES string of the molecule is CC(C)c1ccc([C@@H]2Nc3c(Cl)cc(C(=O)O)cc3[C@@H]3C=CC[C@@H]32)cc1. The van der Waals surface area contributed by atoms with E-state index in [9.17, 15) is 9.90 Å². The summed E-state index contributed by atoms with van der Waals surface area (Å²) >= 11 is 6.45. The first-order valence-corrected chi connectivity index (χ1v) is 9.43. The van der Waals surface area contributed by atoms with E-state index >= 15 is 0 Å². The lowest BCUT2D eigenvalue weighted by molar-refractivity contribution is 0.0696. The van der Waals surface area contributed by atoms with Gasteiger partial charge in [-0.1, -0.05) is 61.9 Å². The third-order valence-corrected chi connectivity index (χ3v) is 5.93. The second kappa shape index (κ2) is 6.48. The maximum Gasteiger partial charge on any atom is 0.335 e. The fourth-order valence-corrected chi connectivity index (χ4v) is 4.48. The molecule has 0 saturated heterocycles. The topological polar surface area (TPSA) is 49.3 Å². The predicted octanol–water partition coefficient (Wildman–Crippen LogP) is 5.99. The van der Waals surface area contributed by atoms with Crippen LogP contribution in [0, 0.1) is 5.92 Å². The van der Waals surface area contributed by atoms with Gasteiger partial charge >= 0.3 is 5.97 Å². The largest absolute Gasteiger partial charge is 0.478 e. The van der Waals surface area contributed by atoms with Crippen molar-refractivity contribution in [2.45, 2.75) is 38.1 Å². The lowest BCUT2D eigenvalue weighted by Crippen LogP contribution is -2.29. The number of benzene rings is 2. The minimum absolute atomic E-state index is 0.164. The maximum absolute atomic E-state index is 11.4. The molecule has 0 amide bonds. The molecule has 1 aliphatic heterocycles. The van der Waals surface area contributed by atoms with E-state index in [0.717, 1.165) is 17.7 Å². The van der Waals surface area contributed by atoms with E-state index in [2.05, 4.69) is 55.6 Å². The van der Waals surface area contributed by atoms with Crippen molar-refractivity contribution in [1.82, 2.24) is 0 Å². The van der Waals surface area contributed by atoms with Gasteiger partial charge in [-0.25, -0.2) is 4.79 Å². The summed E-state index contributed by atoms with van der Waals surface area (Å²) in [5.41, 5.74) is 4.67. The molecule has 26 heavy (non-hydrogen) atoms. The summed E-state index contributed by atoms with van der Waals surface area (Å²) in [6, 6.07) is 12.3. The minimum atomic E-state index is -0.945. The van der Waals surface area contributed by atoms with Crippen LogP contribution < -0.4 is 5.32 Å². The molecular formula is C22H22ClNO2. The highest BCUT2D eigenvalue weighted by atomic mass is 35.5. The van der Waals surface area contributed by atoms with Gasteiger partial charge in [0.2, 0.25) is 0 Å². The highest BCUT2D eigenvalue weighted by Crippen LogP contribution is 2.51. The highest BCUT2D eigenvalue weighted by molar-refractivity contribution is 6.33. The number of nitrogens with one attached hydrogen (secondary N) is 1. The fraction of sp³-hybridized carbons (Fsp3) is 0.318. The lowest BCUT2D eigenvalue weighted by atomic mass is 9.76. The third kappa shape index (κ3) is 2.80. The van der Waals surface area contributed by atoms with Gasteiger partial charge in [0.1, 0.15) is 0 Å². The second-order valence-electron chi connectivity index (χ2n) is 7.52. The standard InChI is InChI=1S/C22H22ClNO2/c1-12(2)13-6-8-14(9-7-13)20-17-5-3-4-16(17)18-10-15(22(25)26)11-19(23)21(18)24-20/h3-4,6-12,16-17,20,24H,5H2,1-2H3,(H,25,26)/t16-,17+,20+/m1/s1. The first-order valence-electron chi connectivity index (χ1n) is 9.05. The molecule has 1 heterocycles. The Morgan fingerprint density at radius 2 is 1.96 bits per heavy atom. The number of aromatic carboxylic acids is 1. The number of allylic oxidation sites excluding steroid dienone is 2. The maximum atomic E-state index is 11.4. The Labute approximate surface area is 158 Å². The average molecular weight is 368 g/mol. The molecule has 2 aromatic carbocycles. The van der Waals surface area contributed by atoms with Crippen molar-refractivity contribution >= 4 is 23.3 Å². The number of hydrogen-bond acceptors (Lipinski definition) is 2. The van der Waals surface area contributed by atoms with E-state index in [1.54, 1.807) is 6.07 Å². The molecule has 0 saturated carbocycles. The van der Waals surface area contributed by atoms with Crippen molar-refractivity contribution in [2.75, 3.05) is 5.32 Å². The molecule has 2 aromatic rings. The average Bonchev–Trinajstić information content (AvgIpc) is 3.11. The van der Waals surface area contributed by atoms with Gasteiger partial charge in [0, 0.05) is 5.92 Å². The van der Waals surface area contributed by atoms with Crippen molar-refractivity contribution in [3.05, 3.63) is 75.8 Å². The Hall–Kier alpha value is -2.26. The quantitative estimate of drug-likeness (QED) is 0.655. The molecule has 4 heteroatoms. The zero-order chi connectivity index (χ0) is 18.4. The molecule has 2 aliphatic rings. The van der Waals surface area contributed by atoms with Crippen molar-refractivity contribution in [1.29, 1.82) is 0 Å². The molecular weight excluding hydrogens is 346 g/mol. The molecule has 3 atom stereocenters. The first kappa shape index (κ1) is 17.2. The minimum Gasteiger partial charge on any atom is -0.478 e. The van der Waals surface area contributed by atoms with Gasteiger partial charge in [-0.15, -0.1) is 0 Å². The van der Waals surface area contributed by atoms with Crippen LogP contribution in [0.4, 0.5) is 5.69 Å². The van der Waals surface area contributed by atoms with Gasteiger partial charge in [-0.05, 0) is 47.1 Å². The monoisotopic (exact) mass is 367 g/mol. The van der Waals surface area contributed by atoms with Crippen LogP contribution in [0.15, 0.2) is 48.6 Å². The van der Waals surface area contributed by atoms with Crippen molar-refractivity contribution in [3.63, 3.8) is 0 Å². The number of carboxylic acids is 1. The van der Waals surface area contributed by atoms with Crippen LogP contribution in [0.1, 0.15) is 65.2 Å². The van der Waals surface area contributed by atoms with E-state index < -0.39 is 5.97 Å². The van der Waals surface area contributed by atoms with Crippen LogP contribution in [-0.4, -0.2) is 11.1 Å². The summed E-state index contributed by atoms with van der Waals surface area (Å²) in [7, 11) is 0. The molecule has 1 aliphatic carbocycles. The summed E-state index contributed by atoms with van der Waals surface area (Å²) in [5, 5.41) is 13.4. The number of rotatable bonds is 3. The number of carbonyl (C=O) groups is 1. The van der Waals surface area contributed by atoms with E-state index in [-0.39, 0.29) is 17.5 Å². The first-order chi connectivity index (χ1) is 12.5. The molecule has 2 N–H and O–H groups in total.